The smallest absolute Gasteiger partial charge is 0.344 e. The Kier molecular flexibility index (Phi) is 7.48. The molecule has 5 nitrogen and oxygen atoms in total. The van der Waals surface area contributed by atoms with Crippen LogP contribution in [0, 0.1) is 0 Å². The summed E-state index contributed by atoms with van der Waals surface area (Å²) in [6, 6.07) is 14.5. The molecule has 0 saturated heterocycles. The number of halogens is 1. The molecule has 6 heteroatoms. The Morgan fingerprint density at radius 3 is 2.50 bits per heavy atom. The van der Waals surface area contributed by atoms with Gasteiger partial charge < -0.3 is 14.8 Å². The second kappa shape index (κ2) is 9.82. The number of ether oxygens (including phenoxy) is 2. The molecule has 0 radical (unpaired) electrons. The SMILES string of the molecule is CCc1ccc([C@@H](C)NC(=O)COC(=O)COc2cccc(Cl)c2)cc1. The van der Waals surface area contributed by atoms with Gasteiger partial charge in [-0.1, -0.05) is 48.9 Å². The van der Waals surface area contributed by atoms with E-state index in [1.807, 2.05) is 31.2 Å². The highest BCUT2D eigenvalue weighted by atomic mass is 35.5. The second-order valence-corrected chi connectivity index (χ2v) is 6.23. The standard InChI is InChI=1S/C20H22ClNO4/c1-3-15-7-9-16(10-8-15)14(2)22-19(23)12-26-20(24)13-25-18-6-4-5-17(21)11-18/h4-11,14H,3,12-13H2,1-2H3,(H,22,23)/t14-/m1/s1. The predicted octanol–water partition coefficient (Wildman–Crippen LogP) is 3.70. The lowest BCUT2D eigenvalue weighted by molar-refractivity contribution is -0.150. The van der Waals surface area contributed by atoms with Crippen molar-refractivity contribution >= 4 is 23.5 Å². The molecule has 0 aliphatic rings. The van der Waals surface area contributed by atoms with E-state index in [2.05, 4.69) is 12.2 Å². The quantitative estimate of drug-likeness (QED) is 0.714. The summed E-state index contributed by atoms with van der Waals surface area (Å²) in [7, 11) is 0. The van der Waals surface area contributed by atoms with Crippen LogP contribution in [0.25, 0.3) is 0 Å². The molecule has 1 N–H and O–H groups in total. The van der Waals surface area contributed by atoms with Crippen molar-refractivity contribution in [2.24, 2.45) is 0 Å². The first kappa shape index (κ1) is 19.8. The van der Waals surface area contributed by atoms with Crippen LogP contribution in [-0.2, 0) is 20.7 Å². The van der Waals surface area contributed by atoms with Crippen molar-refractivity contribution in [2.75, 3.05) is 13.2 Å². The largest absolute Gasteiger partial charge is 0.482 e. The van der Waals surface area contributed by atoms with Crippen LogP contribution in [0.4, 0.5) is 0 Å². The Balaban J connectivity index is 1.72. The first-order valence-electron chi connectivity index (χ1n) is 8.40. The highest BCUT2D eigenvalue weighted by molar-refractivity contribution is 6.30. The fraction of sp³-hybridized carbons (Fsp3) is 0.300. The molecule has 0 bridgehead atoms. The minimum absolute atomic E-state index is 0.171. The van der Waals surface area contributed by atoms with E-state index >= 15 is 0 Å². The molecule has 0 unspecified atom stereocenters. The third-order valence-electron chi connectivity index (χ3n) is 3.78. The first-order chi connectivity index (χ1) is 12.5. The van der Waals surface area contributed by atoms with E-state index < -0.39 is 5.97 Å². The van der Waals surface area contributed by atoms with Crippen molar-refractivity contribution in [1.82, 2.24) is 5.32 Å². The average molecular weight is 376 g/mol. The van der Waals surface area contributed by atoms with E-state index in [4.69, 9.17) is 21.1 Å². The Hall–Kier alpha value is -2.53. The van der Waals surface area contributed by atoms with Gasteiger partial charge in [-0.2, -0.15) is 0 Å². The normalized spacial score (nSPS) is 11.5. The van der Waals surface area contributed by atoms with E-state index in [1.165, 1.54) is 5.56 Å². The van der Waals surface area contributed by atoms with Gasteiger partial charge in [0.1, 0.15) is 5.75 Å². The number of aryl methyl sites for hydroxylation is 1. The summed E-state index contributed by atoms with van der Waals surface area (Å²) < 4.78 is 10.2. The predicted molar refractivity (Wildman–Crippen MR) is 100 cm³/mol. The Labute approximate surface area is 158 Å². The molecule has 0 saturated carbocycles. The van der Waals surface area contributed by atoms with Crippen molar-refractivity contribution in [3.05, 3.63) is 64.7 Å². The van der Waals surface area contributed by atoms with E-state index in [0.29, 0.717) is 10.8 Å². The van der Waals surface area contributed by atoms with Crippen LogP contribution in [0.15, 0.2) is 48.5 Å². The van der Waals surface area contributed by atoms with Crippen molar-refractivity contribution in [3.63, 3.8) is 0 Å². The second-order valence-electron chi connectivity index (χ2n) is 5.79. The number of hydrogen-bond donors (Lipinski definition) is 1. The zero-order chi connectivity index (χ0) is 18.9. The third kappa shape index (κ3) is 6.41. The molecule has 0 fully saturated rings. The molecule has 2 aromatic rings. The number of rotatable bonds is 8. The van der Waals surface area contributed by atoms with Gasteiger partial charge in [-0.05, 0) is 42.7 Å². The van der Waals surface area contributed by atoms with Crippen molar-refractivity contribution in [3.8, 4) is 5.75 Å². The highest BCUT2D eigenvalue weighted by Crippen LogP contribution is 2.17. The summed E-state index contributed by atoms with van der Waals surface area (Å²) in [5.41, 5.74) is 2.23. The van der Waals surface area contributed by atoms with Gasteiger partial charge in [-0.25, -0.2) is 4.79 Å². The summed E-state index contributed by atoms with van der Waals surface area (Å²) >= 11 is 5.83. The number of benzene rings is 2. The van der Waals surface area contributed by atoms with Gasteiger partial charge in [0.2, 0.25) is 0 Å². The maximum absolute atomic E-state index is 11.9. The van der Waals surface area contributed by atoms with Crippen LogP contribution in [-0.4, -0.2) is 25.1 Å². The molecule has 0 spiro atoms. The molecule has 0 aliphatic carbocycles. The molecular formula is C20H22ClNO4. The van der Waals surface area contributed by atoms with Crippen molar-refractivity contribution in [1.29, 1.82) is 0 Å². The van der Waals surface area contributed by atoms with Gasteiger partial charge in [-0.3, -0.25) is 4.79 Å². The van der Waals surface area contributed by atoms with Crippen LogP contribution >= 0.6 is 11.6 Å². The molecule has 0 aromatic heterocycles. The summed E-state index contributed by atoms with van der Waals surface area (Å²) in [5, 5.41) is 3.31. The van der Waals surface area contributed by atoms with E-state index in [-0.39, 0.29) is 25.2 Å². The zero-order valence-electron chi connectivity index (χ0n) is 14.8. The Bertz CT molecular complexity index is 746. The molecule has 0 heterocycles. The van der Waals surface area contributed by atoms with Crippen LogP contribution < -0.4 is 10.1 Å². The summed E-state index contributed by atoms with van der Waals surface area (Å²) in [6.07, 6.45) is 0.966. The number of carbonyl (C=O) groups is 2. The van der Waals surface area contributed by atoms with Gasteiger partial charge in [0.15, 0.2) is 13.2 Å². The van der Waals surface area contributed by atoms with Gasteiger partial charge in [-0.15, -0.1) is 0 Å². The summed E-state index contributed by atoms with van der Waals surface area (Å²) in [6.45, 7) is 3.32. The molecule has 26 heavy (non-hydrogen) atoms. The van der Waals surface area contributed by atoms with Crippen LogP contribution in [0.2, 0.25) is 5.02 Å². The number of amides is 1. The molecular weight excluding hydrogens is 354 g/mol. The molecule has 0 aliphatic heterocycles. The number of nitrogens with one attached hydrogen (secondary N) is 1. The Morgan fingerprint density at radius 1 is 1.12 bits per heavy atom. The van der Waals surface area contributed by atoms with E-state index in [9.17, 15) is 9.59 Å². The average Bonchev–Trinajstić information content (AvgIpc) is 2.64. The van der Waals surface area contributed by atoms with Crippen LogP contribution in [0.1, 0.15) is 31.0 Å². The maximum atomic E-state index is 11.9. The van der Waals surface area contributed by atoms with Gasteiger partial charge in [0.05, 0.1) is 6.04 Å². The van der Waals surface area contributed by atoms with E-state index in [0.717, 1.165) is 12.0 Å². The molecule has 2 aromatic carbocycles. The number of esters is 1. The summed E-state index contributed by atoms with van der Waals surface area (Å²) in [4.78, 5) is 23.6. The van der Waals surface area contributed by atoms with Gasteiger partial charge in [0.25, 0.3) is 5.91 Å². The van der Waals surface area contributed by atoms with Gasteiger partial charge in [0, 0.05) is 5.02 Å². The zero-order valence-corrected chi connectivity index (χ0v) is 15.6. The molecule has 1 atom stereocenters. The van der Waals surface area contributed by atoms with Crippen molar-refractivity contribution in [2.45, 2.75) is 26.3 Å². The molecule has 2 rings (SSSR count). The lowest BCUT2D eigenvalue weighted by Gasteiger charge is -2.15. The summed E-state index contributed by atoms with van der Waals surface area (Å²) in [5.74, 6) is -0.531. The van der Waals surface area contributed by atoms with Crippen molar-refractivity contribution < 1.29 is 19.1 Å². The topological polar surface area (TPSA) is 64.6 Å². The number of hydrogen-bond acceptors (Lipinski definition) is 4. The van der Waals surface area contributed by atoms with E-state index in [1.54, 1.807) is 24.3 Å². The fourth-order valence-corrected chi connectivity index (χ4v) is 2.48. The Morgan fingerprint density at radius 2 is 1.85 bits per heavy atom. The van der Waals surface area contributed by atoms with Gasteiger partial charge >= 0.3 is 5.97 Å². The maximum Gasteiger partial charge on any atom is 0.344 e. The van der Waals surface area contributed by atoms with Crippen LogP contribution in [0.3, 0.4) is 0 Å². The monoisotopic (exact) mass is 375 g/mol. The fourth-order valence-electron chi connectivity index (χ4n) is 2.30. The van der Waals surface area contributed by atoms with Crippen LogP contribution in [0.5, 0.6) is 5.75 Å². The minimum atomic E-state index is -0.625. The highest BCUT2D eigenvalue weighted by Gasteiger charge is 2.12. The number of carbonyl (C=O) groups excluding carboxylic acids is 2. The molecule has 138 valence electrons. The lowest BCUT2D eigenvalue weighted by Crippen LogP contribution is -2.31. The minimum Gasteiger partial charge on any atom is -0.482 e. The lowest BCUT2D eigenvalue weighted by atomic mass is 10.1. The third-order valence-corrected chi connectivity index (χ3v) is 4.02. The molecule has 1 amide bonds. The first-order valence-corrected chi connectivity index (χ1v) is 8.78.